The smallest absolute Gasteiger partial charge is 0.271 e. The largest absolute Gasteiger partial charge is 0.342 e. The average molecular weight is 517 g/mol. The summed E-state index contributed by atoms with van der Waals surface area (Å²) in [6.45, 7) is 6.42. The zero-order valence-corrected chi connectivity index (χ0v) is 21.0. The van der Waals surface area contributed by atoms with Crippen LogP contribution in [-0.4, -0.2) is 37.3 Å². The standard InChI is InChI=1S/C23H25ClN6O4S/c1-4-29-21(20(14(2)3)26-22(32)15-8-6-5-7-9-15)27-28-23(29)35-13-19(31)25-18-12-16(30(33)34)10-11-17(18)24/h5-12,14,20H,4,13H2,1-3H3,(H,25,31)(H,26,32)/t20-/m1/s1. The lowest BCUT2D eigenvalue weighted by atomic mass is 10.0. The Bertz CT molecular complexity index is 1220. The summed E-state index contributed by atoms with van der Waals surface area (Å²) in [6.07, 6.45) is 0. The molecule has 0 spiro atoms. The summed E-state index contributed by atoms with van der Waals surface area (Å²) in [7, 11) is 0. The van der Waals surface area contributed by atoms with Crippen LogP contribution in [0.1, 0.15) is 43.0 Å². The molecule has 0 fully saturated rings. The molecule has 0 unspecified atom stereocenters. The molecule has 0 saturated carbocycles. The van der Waals surface area contributed by atoms with Crippen molar-refractivity contribution in [1.29, 1.82) is 0 Å². The first-order valence-corrected chi connectivity index (χ1v) is 12.2. The normalized spacial score (nSPS) is 11.8. The molecule has 10 nitrogen and oxygen atoms in total. The molecular formula is C23H25ClN6O4S. The number of thioether (sulfide) groups is 1. The third kappa shape index (κ3) is 6.58. The molecule has 0 saturated heterocycles. The monoisotopic (exact) mass is 516 g/mol. The zero-order chi connectivity index (χ0) is 25.5. The van der Waals surface area contributed by atoms with Crippen molar-refractivity contribution in [3.05, 3.63) is 75.1 Å². The van der Waals surface area contributed by atoms with Crippen LogP contribution in [0.4, 0.5) is 11.4 Å². The van der Waals surface area contributed by atoms with Gasteiger partial charge in [0.1, 0.15) is 0 Å². The van der Waals surface area contributed by atoms with Gasteiger partial charge in [-0.1, -0.05) is 55.4 Å². The minimum absolute atomic E-state index is 0.0140. The van der Waals surface area contributed by atoms with Gasteiger partial charge in [-0.3, -0.25) is 19.7 Å². The summed E-state index contributed by atoms with van der Waals surface area (Å²) in [5.41, 5.74) is 0.532. The highest BCUT2D eigenvalue weighted by molar-refractivity contribution is 7.99. The van der Waals surface area contributed by atoms with Crippen molar-refractivity contribution in [1.82, 2.24) is 20.1 Å². The van der Waals surface area contributed by atoms with Crippen LogP contribution in [0, 0.1) is 16.0 Å². The fraction of sp³-hybridized carbons (Fsp3) is 0.304. The number of rotatable bonds is 10. The molecule has 0 aliphatic rings. The molecule has 35 heavy (non-hydrogen) atoms. The Morgan fingerprint density at radius 3 is 2.51 bits per heavy atom. The number of halogens is 1. The van der Waals surface area contributed by atoms with Gasteiger partial charge in [-0.05, 0) is 31.0 Å². The van der Waals surface area contributed by atoms with E-state index >= 15 is 0 Å². The Hall–Kier alpha value is -3.44. The van der Waals surface area contributed by atoms with E-state index in [0.717, 1.165) is 0 Å². The molecular weight excluding hydrogens is 492 g/mol. The second-order valence-corrected chi connectivity index (χ2v) is 9.25. The second-order valence-electron chi connectivity index (χ2n) is 7.90. The van der Waals surface area contributed by atoms with Crippen LogP contribution in [0.15, 0.2) is 53.7 Å². The number of nitro benzene ring substituents is 1. The zero-order valence-electron chi connectivity index (χ0n) is 19.4. The Labute approximate surface area is 211 Å². The predicted molar refractivity (Wildman–Crippen MR) is 135 cm³/mol. The van der Waals surface area contributed by atoms with Crippen molar-refractivity contribution in [3.63, 3.8) is 0 Å². The van der Waals surface area contributed by atoms with Crippen molar-refractivity contribution in [2.45, 2.75) is 38.5 Å². The van der Waals surface area contributed by atoms with Gasteiger partial charge in [-0.15, -0.1) is 10.2 Å². The lowest BCUT2D eigenvalue weighted by Gasteiger charge is -2.22. The fourth-order valence-corrected chi connectivity index (χ4v) is 4.29. The van der Waals surface area contributed by atoms with E-state index in [2.05, 4.69) is 20.8 Å². The van der Waals surface area contributed by atoms with E-state index in [1.807, 2.05) is 31.4 Å². The number of aromatic nitrogens is 3. The van der Waals surface area contributed by atoms with E-state index in [-0.39, 0.29) is 40.0 Å². The molecule has 1 heterocycles. The highest BCUT2D eigenvalue weighted by Gasteiger charge is 2.26. The number of anilines is 1. The SMILES string of the molecule is CCn1c(SCC(=O)Nc2cc([N+](=O)[O-])ccc2Cl)nnc1[C@H](NC(=O)c1ccccc1)C(C)C. The number of amides is 2. The minimum atomic E-state index is -0.562. The molecule has 2 amide bonds. The highest BCUT2D eigenvalue weighted by Crippen LogP contribution is 2.28. The molecule has 1 aromatic heterocycles. The van der Waals surface area contributed by atoms with Crippen LogP contribution in [0.5, 0.6) is 0 Å². The first-order valence-electron chi connectivity index (χ1n) is 10.9. The Balaban J connectivity index is 1.72. The third-order valence-corrected chi connectivity index (χ3v) is 6.39. The average Bonchev–Trinajstić information content (AvgIpc) is 3.25. The maximum Gasteiger partial charge on any atom is 0.271 e. The van der Waals surface area contributed by atoms with Crippen LogP contribution in [0.2, 0.25) is 5.02 Å². The van der Waals surface area contributed by atoms with Gasteiger partial charge in [-0.25, -0.2) is 0 Å². The van der Waals surface area contributed by atoms with E-state index in [9.17, 15) is 19.7 Å². The van der Waals surface area contributed by atoms with Gasteiger partial charge in [0.25, 0.3) is 11.6 Å². The molecule has 2 N–H and O–H groups in total. The Morgan fingerprint density at radius 2 is 1.89 bits per heavy atom. The summed E-state index contributed by atoms with van der Waals surface area (Å²) < 4.78 is 1.86. The molecule has 2 aromatic carbocycles. The minimum Gasteiger partial charge on any atom is -0.342 e. The van der Waals surface area contributed by atoms with Crippen LogP contribution >= 0.6 is 23.4 Å². The van der Waals surface area contributed by atoms with E-state index in [1.165, 1.54) is 30.0 Å². The number of non-ortho nitro benzene ring substituents is 1. The summed E-state index contributed by atoms with van der Waals surface area (Å²) in [5, 5.41) is 25.9. The molecule has 12 heteroatoms. The molecule has 0 aliphatic carbocycles. The van der Waals surface area contributed by atoms with Crippen molar-refractivity contribution in [2.24, 2.45) is 5.92 Å². The third-order valence-electron chi connectivity index (χ3n) is 5.10. The van der Waals surface area contributed by atoms with Crippen molar-refractivity contribution in [3.8, 4) is 0 Å². The number of carbonyl (C=O) groups is 2. The lowest BCUT2D eigenvalue weighted by Crippen LogP contribution is -2.33. The van der Waals surface area contributed by atoms with Crippen molar-refractivity contribution >= 4 is 46.6 Å². The summed E-state index contributed by atoms with van der Waals surface area (Å²) in [5.74, 6) is 0.00497. The second kappa shape index (κ2) is 11.8. The van der Waals surface area contributed by atoms with Crippen molar-refractivity contribution < 1.29 is 14.5 Å². The lowest BCUT2D eigenvalue weighted by molar-refractivity contribution is -0.384. The van der Waals surface area contributed by atoms with Crippen LogP contribution in [0.25, 0.3) is 0 Å². The summed E-state index contributed by atoms with van der Waals surface area (Å²) in [6, 6.07) is 12.4. The molecule has 184 valence electrons. The van der Waals surface area contributed by atoms with Gasteiger partial charge in [0, 0.05) is 24.2 Å². The quantitative estimate of drug-likeness (QED) is 0.226. The van der Waals surface area contributed by atoms with Gasteiger partial charge in [0.2, 0.25) is 5.91 Å². The summed E-state index contributed by atoms with van der Waals surface area (Å²) >= 11 is 7.23. The van der Waals surface area contributed by atoms with Gasteiger partial charge in [0.05, 0.1) is 27.4 Å². The molecule has 0 aliphatic heterocycles. The summed E-state index contributed by atoms with van der Waals surface area (Å²) in [4.78, 5) is 35.7. The molecule has 0 radical (unpaired) electrons. The van der Waals surface area contributed by atoms with Crippen molar-refractivity contribution in [2.75, 3.05) is 11.1 Å². The number of nitrogens with one attached hydrogen (secondary N) is 2. The van der Waals surface area contributed by atoms with E-state index in [4.69, 9.17) is 11.6 Å². The highest BCUT2D eigenvalue weighted by atomic mass is 35.5. The maximum atomic E-state index is 12.7. The van der Waals surface area contributed by atoms with Gasteiger partial charge in [-0.2, -0.15) is 0 Å². The maximum absolute atomic E-state index is 12.7. The topological polar surface area (TPSA) is 132 Å². The number of nitrogens with zero attached hydrogens (tertiary/aromatic N) is 4. The van der Waals surface area contributed by atoms with E-state index in [1.54, 1.807) is 24.3 Å². The number of hydrogen-bond donors (Lipinski definition) is 2. The number of benzene rings is 2. The molecule has 3 aromatic rings. The fourth-order valence-electron chi connectivity index (χ4n) is 3.32. The number of hydrogen-bond acceptors (Lipinski definition) is 7. The van der Waals surface area contributed by atoms with E-state index < -0.39 is 10.8 Å². The van der Waals surface area contributed by atoms with E-state index in [0.29, 0.717) is 23.1 Å². The number of nitro groups is 1. The van der Waals surface area contributed by atoms with Gasteiger partial charge in [0.15, 0.2) is 11.0 Å². The molecule has 0 bridgehead atoms. The molecule has 1 atom stereocenters. The first-order chi connectivity index (χ1) is 16.7. The van der Waals surface area contributed by atoms with Gasteiger partial charge >= 0.3 is 0 Å². The predicted octanol–water partition coefficient (Wildman–Crippen LogP) is 4.72. The van der Waals surface area contributed by atoms with Gasteiger partial charge < -0.3 is 15.2 Å². The van der Waals surface area contributed by atoms with Crippen LogP contribution in [0.3, 0.4) is 0 Å². The number of carbonyl (C=O) groups excluding carboxylic acids is 2. The first kappa shape index (κ1) is 26.2. The molecule has 3 rings (SSSR count). The Morgan fingerprint density at radius 1 is 1.17 bits per heavy atom. The van der Waals surface area contributed by atoms with Crippen LogP contribution < -0.4 is 10.6 Å². The Kier molecular flexibility index (Phi) is 8.83. The van der Waals surface area contributed by atoms with Crippen LogP contribution in [-0.2, 0) is 11.3 Å².